The second-order valence-electron chi connectivity index (χ2n) is 6.99. The molecule has 3 rings (SSSR count). The lowest BCUT2D eigenvalue weighted by atomic mass is 10.0. The second kappa shape index (κ2) is 7.90. The monoisotopic (exact) mass is 406 g/mol. The van der Waals surface area contributed by atoms with Crippen LogP contribution in [0.25, 0.3) is 0 Å². The van der Waals surface area contributed by atoms with E-state index in [9.17, 15) is 13.2 Å². The molecule has 0 radical (unpaired) electrons. The highest BCUT2D eigenvalue weighted by Crippen LogP contribution is 2.32. The van der Waals surface area contributed by atoms with Gasteiger partial charge < -0.3 is 5.32 Å². The van der Waals surface area contributed by atoms with E-state index in [4.69, 9.17) is 11.6 Å². The molecule has 2 aromatic rings. The van der Waals surface area contributed by atoms with Crippen molar-refractivity contribution in [1.82, 2.24) is 0 Å². The predicted molar refractivity (Wildman–Crippen MR) is 110 cm³/mol. The van der Waals surface area contributed by atoms with Gasteiger partial charge in [-0.15, -0.1) is 0 Å². The molecule has 1 amide bonds. The summed E-state index contributed by atoms with van der Waals surface area (Å²) in [4.78, 5) is 12.6. The molecule has 1 aliphatic heterocycles. The van der Waals surface area contributed by atoms with E-state index in [1.54, 1.807) is 18.2 Å². The van der Waals surface area contributed by atoms with E-state index < -0.39 is 10.0 Å². The summed E-state index contributed by atoms with van der Waals surface area (Å²) in [5, 5.41) is 3.16. The van der Waals surface area contributed by atoms with Crippen molar-refractivity contribution < 1.29 is 13.2 Å². The van der Waals surface area contributed by atoms with Gasteiger partial charge in [0.25, 0.3) is 5.91 Å². The average Bonchev–Trinajstić information content (AvgIpc) is 2.62. The first-order chi connectivity index (χ1) is 12.8. The quantitative estimate of drug-likeness (QED) is 0.803. The Balaban J connectivity index is 1.83. The zero-order chi connectivity index (χ0) is 19.6. The third-order valence-corrected chi connectivity index (χ3v) is 6.84. The first kappa shape index (κ1) is 19.7. The molecule has 0 aliphatic carbocycles. The number of carbonyl (C=O) groups is 1. The summed E-state index contributed by atoms with van der Waals surface area (Å²) in [5.41, 5.74) is 2.60. The molecular formula is C20H23ClN2O3S. The number of carbonyl (C=O) groups excluding carboxylic acids is 1. The smallest absolute Gasteiger partial charge is 0.255 e. The number of halogens is 1. The van der Waals surface area contributed by atoms with Crippen molar-refractivity contribution in [1.29, 1.82) is 0 Å². The zero-order valence-corrected chi connectivity index (χ0v) is 17.0. The van der Waals surface area contributed by atoms with Gasteiger partial charge in [-0.1, -0.05) is 37.6 Å². The van der Waals surface area contributed by atoms with Crippen molar-refractivity contribution in [3.8, 4) is 0 Å². The van der Waals surface area contributed by atoms with Gasteiger partial charge in [0.15, 0.2) is 0 Å². The molecule has 0 aromatic heterocycles. The second-order valence-corrected chi connectivity index (χ2v) is 9.41. The zero-order valence-electron chi connectivity index (χ0n) is 15.4. The SMILES string of the molecule is CC(C)c1ccc(NC(=O)c2ccc(Cl)c(N3CCCCS3(=O)=O)c2)cc1. The highest BCUT2D eigenvalue weighted by molar-refractivity contribution is 7.92. The minimum atomic E-state index is -3.40. The molecule has 1 aliphatic rings. The summed E-state index contributed by atoms with van der Waals surface area (Å²) in [6, 6.07) is 12.4. The van der Waals surface area contributed by atoms with Gasteiger partial charge >= 0.3 is 0 Å². The number of nitrogens with zero attached hydrogens (tertiary/aromatic N) is 1. The summed E-state index contributed by atoms with van der Waals surface area (Å²) in [6.45, 7) is 4.60. The van der Waals surface area contributed by atoms with Crippen molar-refractivity contribution in [2.24, 2.45) is 0 Å². The molecular weight excluding hydrogens is 384 g/mol. The third-order valence-electron chi connectivity index (χ3n) is 4.66. The number of sulfonamides is 1. The minimum absolute atomic E-state index is 0.0992. The lowest BCUT2D eigenvalue weighted by Gasteiger charge is -2.29. The van der Waals surface area contributed by atoms with Crippen LogP contribution in [0.1, 0.15) is 48.5 Å². The molecule has 0 saturated carbocycles. The number of amides is 1. The largest absolute Gasteiger partial charge is 0.322 e. The molecule has 0 unspecified atom stereocenters. The first-order valence-electron chi connectivity index (χ1n) is 8.99. The molecule has 27 heavy (non-hydrogen) atoms. The number of benzene rings is 2. The molecule has 1 N–H and O–H groups in total. The topological polar surface area (TPSA) is 66.5 Å². The fraction of sp³-hybridized carbons (Fsp3) is 0.350. The summed E-state index contributed by atoms with van der Waals surface area (Å²) in [7, 11) is -3.40. The van der Waals surface area contributed by atoms with Gasteiger partial charge in [-0.05, 0) is 54.7 Å². The Morgan fingerprint density at radius 1 is 1.11 bits per heavy atom. The van der Waals surface area contributed by atoms with Crippen molar-refractivity contribution in [2.45, 2.75) is 32.6 Å². The highest BCUT2D eigenvalue weighted by Gasteiger charge is 2.28. The maximum atomic E-state index is 12.6. The van der Waals surface area contributed by atoms with Crippen molar-refractivity contribution in [3.05, 3.63) is 58.6 Å². The lowest BCUT2D eigenvalue weighted by Crippen LogP contribution is -2.38. The number of hydrogen-bond acceptors (Lipinski definition) is 3. The van der Waals surface area contributed by atoms with Gasteiger partial charge in [0, 0.05) is 17.8 Å². The maximum absolute atomic E-state index is 12.6. The van der Waals surface area contributed by atoms with Crippen LogP contribution in [0.2, 0.25) is 5.02 Å². The van der Waals surface area contributed by atoms with E-state index in [1.165, 1.54) is 9.87 Å². The van der Waals surface area contributed by atoms with Crippen LogP contribution in [0.3, 0.4) is 0 Å². The fourth-order valence-corrected chi connectivity index (χ4v) is 4.98. The summed E-state index contributed by atoms with van der Waals surface area (Å²) in [5.74, 6) is 0.210. The summed E-state index contributed by atoms with van der Waals surface area (Å²) < 4.78 is 26.0. The molecule has 1 fully saturated rings. The normalized spacial score (nSPS) is 16.4. The van der Waals surface area contributed by atoms with Crippen molar-refractivity contribution in [2.75, 3.05) is 21.9 Å². The van der Waals surface area contributed by atoms with E-state index in [0.29, 0.717) is 40.8 Å². The number of anilines is 2. The molecule has 1 heterocycles. The minimum Gasteiger partial charge on any atom is -0.322 e. The molecule has 2 aromatic carbocycles. The molecule has 7 heteroatoms. The molecule has 0 atom stereocenters. The van der Waals surface area contributed by atoms with Crippen LogP contribution in [0.5, 0.6) is 0 Å². The maximum Gasteiger partial charge on any atom is 0.255 e. The van der Waals surface area contributed by atoms with Crippen LogP contribution in [0.15, 0.2) is 42.5 Å². The summed E-state index contributed by atoms with van der Waals surface area (Å²) in [6.07, 6.45) is 1.41. The predicted octanol–water partition coefficient (Wildman–Crippen LogP) is 4.65. The Hall–Kier alpha value is -2.05. The van der Waals surface area contributed by atoms with Crippen molar-refractivity contribution >= 4 is 38.9 Å². The Morgan fingerprint density at radius 3 is 2.44 bits per heavy atom. The van der Waals surface area contributed by atoms with Gasteiger partial charge in [0.05, 0.1) is 16.5 Å². The Labute approximate surface area is 165 Å². The summed E-state index contributed by atoms with van der Waals surface area (Å²) >= 11 is 6.23. The fourth-order valence-electron chi connectivity index (χ4n) is 3.06. The van der Waals surface area contributed by atoms with Gasteiger partial charge in [-0.3, -0.25) is 9.10 Å². The van der Waals surface area contributed by atoms with Gasteiger partial charge in [-0.2, -0.15) is 0 Å². The number of hydrogen-bond donors (Lipinski definition) is 1. The standard InChI is InChI=1S/C20H23ClN2O3S/c1-14(2)15-5-8-17(9-6-15)22-20(24)16-7-10-18(21)19(13-16)23-11-3-4-12-27(23,25)26/h5-10,13-14H,3-4,11-12H2,1-2H3,(H,22,24). The van der Waals surface area contributed by atoms with Crippen molar-refractivity contribution in [3.63, 3.8) is 0 Å². The molecule has 1 saturated heterocycles. The molecule has 5 nitrogen and oxygen atoms in total. The van der Waals surface area contributed by atoms with Crippen LogP contribution in [0, 0.1) is 0 Å². The van der Waals surface area contributed by atoms with Crippen LogP contribution in [-0.2, 0) is 10.0 Å². The van der Waals surface area contributed by atoms with Gasteiger partial charge in [0.2, 0.25) is 10.0 Å². The van der Waals surface area contributed by atoms with E-state index in [0.717, 1.165) is 6.42 Å². The van der Waals surface area contributed by atoms with Gasteiger partial charge in [-0.25, -0.2) is 8.42 Å². The van der Waals surface area contributed by atoms with Crippen LogP contribution < -0.4 is 9.62 Å². The number of nitrogens with one attached hydrogen (secondary N) is 1. The average molecular weight is 407 g/mol. The Morgan fingerprint density at radius 2 is 1.81 bits per heavy atom. The van der Waals surface area contributed by atoms with Crippen LogP contribution in [-0.4, -0.2) is 26.6 Å². The third kappa shape index (κ3) is 4.45. The Bertz CT molecular complexity index is 940. The van der Waals surface area contributed by atoms with Gasteiger partial charge in [0.1, 0.15) is 0 Å². The Kier molecular flexibility index (Phi) is 5.77. The van der Waals surface area contributed by atoms with Crippen LogP contribution in [0.4, 0.5) is 11.4 Å². The number of rotatable bonds is 4. The molecule has 0 bridgehead atoms. The highest BCUT2D eigenvalue weighted by atomic mass is 35.5. The van der Waals surface area contributed by atoms with E-state index >= 15 is 0 Å². The first-order valence-corrected chi connectivity index (χ1v) is 11.0. The van der Waals surface area contributed by atoms with E-state index in [2.05, 4.69) is 19.2 Å². The molecule has 144 valence electrons. The van der Waals surface area contributed by atoms with Crippen LogP contribution >= 0.6 is 11.6 Å². The van der Waals surface area contributed by atoms with E-state index in [1.807, 2.05) is 24.3 Å². The molecule has 0 spiro atoms. The van der Waals surface area contributed by atoms with E-state index in [-0.39, 0.29) is 11.7 Å². The lowest BCUT2D eigenvalue weighted by molar-refractivity contribution is 0.102.